The Bertz CT molecular complexity index is 1940. The van der Waals surface area contributed by atoms with Crippen LogP contribution in [0.2, 0.25) is 0 Å². The van der Waals surface area contributed by atoms with Gasteiger partial charge >= 0.3 is 0 Å². The van der Waals surface area contributed by atoms with Crippen LogP contribution in [0.4, 0.5) is 0 Å². The van der Waals surface area contributed by atoms with E-state index in [9.17, 15) is 14.4 Å². The normalized spacial score (nSPS) is 11.9. The van der Waals surface area contributed by atoms with E-state index >= 15 is 0 Å². The van der Waals surface area contributed by atoms with Gasteiger partial charge in [-0.05, 0) is 44.2 Å². The minimum absolute atomic E-state index is 0.0170. The maximum absolute atomic E-state index is 13.4. The van der Waals surface area contributed by atoms with Gasteiger partial charge in [0, 0.05) is 11.9 Å². The van der Waals surface area contributed by atoms with E-state index in [4.69, 9.17) is 8.83 Å². The fraction of sp³-hybridized carbons (Fsp3) is 0.120. The van der Waals surface area contributed by atoms with E-state index in [1.165, 1.54) is 6.07 Å². The van der Waals surface area contributed by atoms with Gasteiger partial charge in [0.15, 0.2) is 5.58 Å². The van der Waals surface area contributed by atoms with Crippen LogP contribution in [0.1, 0.15) is 12.5 Å². The Kier molecular flexibility index (Phi) is 3.68. The average Bonchev–Trinajstić information content (AvgIpc) is 2.79. The molecule has 7 heteroatoms. The van der Waals surface area contributed by atoms with E-state index in [1.54, 1.807) is 22.8 Å². The lowest BCUT2D eigenvalue weighted by molar-refractivity contribution is 0.621. The lowest BCUT2D eigenvalue weighted by Crippen LogP contribution is -2.25. The summed E-state index contributed by atoms with van der Waals surface area (Å²) in [6.07, 6.45) is 0. The third-order valence-electron chi connectivity index (χ3n) is 5.90. The van der Waals surface area contributed by atoms with Crippen molar-refractivity contribution in [3.8, 4) is 0 Å². The first-order valence-electron chi connectivity index (χ1n) is 10.2. The molecule has 0 bridgehead atoms. The number of hydrogen-bond donors (Lipinski definition) is 0. The van der Waals surface area contributed by atoms with Gasteiger partial charge in [-0.2, -0.15) is 4.98 Å². The molecule has 0 saturated heterocycles. The molecule has 0 unspecified atom stereocenters. The summed E-state index contributed by atoms with van der Waals surface area (Å²) < 4.78 is 13.4. The highest BCUT2D eigenvalue weighted by atomic mass is 16.4. The molecule has 0 aliphatic carbocycles. The van der Waals surface area contributed by atoms with Crippen molar-refractivity contribution in [2.75, 3.05) is 0 Å². The number of para-hydroxylation sites is 1. The molecule has 7 nitrogen and oxygen atoms in total. The van der Waals surface area contributed by atoms with E-state index in [0.717, 1.165) is 5.56 Å². The van der Waals surface area contributed by atoms with Crippen LogP contribution in [0.5, 0.6) is 0 Å². The van der Waals surface area contributed by atoms with Crippen LogP contribution in [0, 0.1) is 6.92 Å². The van der Waals surface area contributed by atoms with Gasteiger partial charge in [-0.15, -0.1) is 0 Å². The smallest absolute Gasteiger partial charge is 0.266 e. The number of aromatic nitrogens is 2. The number of nitrogens with zero attached hydrogens (tertiary/aromatic N) is 2. The fourth-order valence-corrected chi connectivity index (χ4v) is 4.35. The monoisotopic (exact) mass is 424 g/mol. The number of benzene rings is 2. The van der Waals surface area contributed by atoms with Crippen LogP contribution in [0.15, 0.2) is 71.7 Å². The zero-order valence-electron chi connectivity index (χ0n) is 17.3. The molecule has 2 aromatic carbocycles. The molecule has 0 aliphatic rings. The summed E-state index contributed by atoms with van der Waals surface area (Å²) in [7, 11) is 0. The second-order valence-corrected chi connectivity index (χ2v) is 7.83. The number of rotatable bonds is 1. The van der Waals surface area contributed by atoms with Crippen LogP contribution in [0.25, 0.3) is 55.0 Å². The van der Waals surface area contributed by atoms with Crippen molar-refractivity contribution >= 4 is 55.0 Å². The summed E-state index contributed by atoms with van der Waals surface area (Å²) in [6.45, 7) is 4.12. The predicted octanol–water partition coefficient (Wildman–Crippen LogP) is 4.24. The molecule has 0 spiro atoms. The molecule has 6 rings (SSSR count). The third-order valence-corrected chi connectivity index (χ3v) is 5.90. The zero-order chi connectivity index (χ0) is 22.1. The lowest BCUT2D eigenvalue weighted by atomic mass is 10.1. The molecular weight excluding hydrogens is 408 g/mol. The summed E-state index contributed by atoms with van der Waals surface area (Å²) in [4.78, 5) is 44.1. The Hall–Kier alpha value is -4.26. The Morgan fingerprint density at radius 1 is 0.844 bits per heavy atom. The van der Waals surface area contributed by atoms with Crippen molar-refractivity contribution < 1.29 is 8.83 Å². The van der Waals surface area contributed by atoms with Crippen LogP contribution in [-0.2, 0) is 6.54 Å². The molecule has 0 aliphatic heterocycles. The quantitative estimate of drug-likeness (QED) is 0.289. The average molecular weight is 424 g/mol. The van der Waals surface area contributed by atoms with Gasteiger partial charge < -0.3 is 13.4 Å². The van der Waals surface area contributed by atoms with Gasteiger partial charge in [-0.25, -0.2) is 0 Å². The number of pyridine rings is 2. The SMILES string of the molecule is CCn1c(=O)c2c(=O)c3cc4c(=O)c5cc(C)ccc5oc4nc3oc2c2ccccc21. The Balaban J connectivity index is 1.86. The van der Waals surface area contributed by atoms with Gasteiger partial charge in [0.2, 0.25) is 22.3 Å². The van der Waals surface area contributed by atoms with Crippen LogP contribution < -0.4 is 16.4 Å². The van der Waals surface area contributed by atoms with Crippen molar-refractivity contribution in [2.24, 2.45) is 0 Å². The van der Waals surface area contributed by atoms with E-state index in [1.807, 2.05) is 38.1 Å². The molecule has 0 fully saturated rings. The molecule has 32 heavy (non-hydrogen) atoms. The number of fused-ring (bicyclic) bond motifs is 6. The Morgan fingerprint density at radius 3 is 2.41 bits per heavy atom. The molecular formula is C25H16N2O5. The van der Waals surface area contributed by atoms with Crippen molar-refractivity contribution in [1.82, 2.24) is 9.55 Å². The maximum Gasteiger partial charge on any atom is 0.266 e. The van der Waals surface area contributed by atoms with E-state index in [2.05, 4.69) is 4.98 Å². The standard InChI is InChI=1S/C25H16N2O5/c1-3-27-17-7-5-4-6-13(17)22-19(25(27)30)21(29)16-11-15-20(28)14-10-12(2)8-9-18(14)31-23(15)26-24(16)32-22/h4-11H,3H2,1-2H3. The summed E-state index contributed by atoms with van der Waals surface area (Å²) >= 11 is 0. The minimum atomic E-state index is -0.516. The van der Waals surface area contributed by atoms with Crippen molar-refractivity contribution in [3.63, 3.8) is 0 Å². The van der Waals surface area contributed by atoms with E-state index < -0.39 is 11.0 Å². The van der Waals surface area contributed by atoms with Crippen LogP contribution >= 0.6 is 0 Å². The molecule has 0 saturated carbocycles. The highest BCUT2D eigenvalue weighted by Gasteiger charge is 2.20. The molecule has 0 amide bonds. The second kappa shape index (κ2) is 6.37. The zero-order valence-corrected chi connectivity index (χ0v) is 17.3. The van der Waals surface area contributed by atoms with E-state index in [0.29, 0.717) is 28.4 Å². The first-order valence-corrected chi connectivity index (χ1v) is 10.2. The van der Waals surface area contributed by atoms with Gasteiger partial charge in [-0.1, -0.05) is 23.8 Å². The molecule has 156 valence electrons. The largest absolute Gasteiger partial charge is 0.437 e. The lowest BCUT2D eigenvalue weighted by Gasteiger charge is -2.11. The molecule has 6 aromatic rings. The second-order valence-electron chi connectivity index (χ2n) is 7.83. The van der Waals surface area contributed by atoms with Gasteiger partial charge in [0.1, 0.15) is 11.0 Å². The number of aryl methyl sites for hydroxylation is 2. The van der Waals surface area contributed by atoms with Crippen molar-refractivity contribution in [2.45, 2.75) is 20.4 Å². The summed E-state index contributed by atoms with van der Waals surface area (Å²) in [5.41, 5.74) is 1.02. The fourth-order valence-electron chi connectivity index (χ4n) is 4.35. The molecule has 4 heterocycles. The molecule has 4 aromatic heterocycles. The van der Waals surface area contributed by atoms with Gasteiger partial charge in [-0.3, -0.25) is 14.4 Å². The summed E-state index contributed by atoms with van der Waals surface area (Å²) in [6, 6.07) is 14.0. The minimum Gasteiger partial charge on any atom is -0.437 e. The maximum atomic E-state index is 13.4. The molecule has 0 radical (unpaired) electrons. The Labute approximate surface area is 179 Å². The van der Waals surface area contributed by atoms with Crippen molar-refractivity contribution in [1.29, 1.82) is 0 Å². The first kappa shape index (κ1) is 18.5. The van der Waals surface area contributed by atoms with Gasteiger partial charge in [0.05, 0.1) is 21.7 Å². The molecule has 0 atom stereocenters. The predicted molar refractivity (Wildman–Crippen MR) is 124 cm³/mol. The summed E-state index contributed by atoms with van der Waals surface area (Å²) in [5.74, 6) is 0. The van der Waals surface area contributed by atoms with Gasteiger partial charge in [0.25, 0.3) is 5.56 Å². The van der Waals surface area contributed by atoms with Crippen LogP contribution in [0.3, 0.4) is 0 Å². The summed E-state index contributed by atoms with van der Waals surface area (Å²) in [5, 5.41) is 1.22. The molecule has 0 N–H and O–H groups in total. The van der Waals surface area contributed by atoms with E-state index in [-0.39, 0.29) is 38.6 Å². The Morgan fingerprint density at radius 2 is 1.59 bits per heavy atom. The third kappa shape index (κ3) is 2.36. The topological polar surface area (TPSA) is 95.3 Å². The highest BCUT2D eigenvalue weighted by molar-refractivity contribution is 6.05. The first-order chi connectivity index (χ1) is 15.5. The van der Waals surface area contributed by atoms with Crippen LogP contribution in [-0.4, -0.2) is 9.55 Å². The number of hydrogen-bond acceptors (Lipinski definition) is 6. The van der Waals surface area contributed by atoms with Crippen molar-refractivity contribution in [3.05, 3.63) is 84.9 Å². The highest BCUT2D eigenvalue weighted by Crippen LogP contribution is 2.26.